The Hall–Kier alpha value is -3.46. The molecule has 3 N–H and O–H groups in total. The van der Waals surface area contributed by atoms with Crippen LogP contribution in [0.25, 0.3) is 0 Å². The van der Waals surface area contributed by atoms with Crippen LogP contribution in [0.5, 0.6) is 5.75 Å². The first kappa shape index (κ1) is 30.0. The Morgan fingerprint density at radius 1 is 1.00 bits per heavy atom. The maximum absolute atomic E-state index is 13.9. The van der Waals surface area contributed by atoms with Gasteiger partial charge in [-0.05, 0) is 112 Å². The Bertz CT molecular complexity index is 1240. The van der Waals surface area contributed by atoms with E-state index in [0.717, 1.165) is 44.1 Å². The highest BCUT2D eigenvalue weighted by Gasteiger charge is 2.43. The summed E-state index contributed by atoms with van der Waals surface area (Å²) in [6.45, 7) is 2.01. The van der Waals surface area contributed by atoms with Crippen molar-refractivity contribution >= 4 is 17.7 Å². The van der Waals surface area contributed by atoms with E-state index < -0.39 is 11.9 Å². The van der Waals surface area contributed by atoms with Crippen LogP contribution in [0.15, 0.2) is 48.5 Å². The van der Waals surface area contributed by atoms with Crippen LogP contribution in [0.2, 0.25) is 0 Å². The highest BCUT2D eigenvalue weighted by Crippen LogP contribution is 2.35. The van der Waals surface area contributed by atoms with Gasteiger partial charge in [-0.1, -0.05) is 12.1 Å². The van der Waals surface area contributed by atoms with E-state index in [1.165, 1.54) is 24.3 Å². The second kappa shape index (κ2) is 13.7. The zero-order valence-corrected chi connectivity index (χ0v) is 24.5. The van der Waals surface area contributed by atoms with E-state index in [1.807, 2.05) is 24.3 Å². The molecule has 8 nitrogen and oxygen atoms in total. The Morgan fingerprint density at radius 3 is 2.38 bits per heavy atom. The fourth-order valence-electron chi connectivity index (χ4n) is 6.43. The summed E-state index contributed by atoms with van der Waals surface area (Å²) in [6, 6.07) is 12.2. The minimum absolute atomic E-state index is 0.00266. The highest BCUT2D eigenvalue weighted by molar-refractivity contribution is 5.95. The third-order valence-electron chi connectivity index (χ3n) is 9.23. The van der Waals surface area contributed by atoms with Gasteiger partial charge < -0.3 is 25.6 Å². The minimum atomic E-state index is -0.647. The quantitative estimate of drug-likeness (QED) is 0.441. The number of likely N-dealkylation sites (tertiary alicyclic amines) is 1. The summed E-state index contributed by atoms with van der Waals surface area (Å²) in [6.07, 6.45) is 6.88. The molecule has 2 aliphatic carbocycles. The number of nitrogens with one attached hydrogen (secondary N) is 1. The van der Waals surface area contributed by atoms with Gasteiger partial charge in [-0.3, -0.25) is 14.4 Å². The first-order valence-electron chi connectivity index (χ1n) is 15.3. The number of carbonyl (C=O) groups is 3. The molecule has 0 spiro atoms. The van der Waals surface area contributed by atoms with Crippen LogP contribution >= 0.6 is 0 Å². The molecule has 42 heavy (non-hydrogen) atoms. The van der Waals surface area contributed by atoms with E-state index in [-0.39, 0.29) is 29.7 Å². The molecule has 1 saturated heterocycles. The van der Waals surface area contributed by atoms with Gasteiger partial charge in [-0.15, -0.1) is 0 Å². The summed E-state index contributed by atoms with van der Waals surface area (Å²) < 4.78 is 19.1. The van der Waals surface area contributed by atoms with Crippen LogP contribution < -0.4 is 15.8 Å². The summed E-state index contributed by atoms with van der Waals surface area (Å²) >= 11 is 0. The van der Waals surface area contributed by atoms with Crippen LogP contribution in [0, 0.1) is 23.6 Å². The van der Waals surface area contributed by atoms with Crippen LogP contribution in [0.1, 0.15) is 67.3 Å². The van der Waals surface area contributed by atoms with Gasteiger partial charge in [0.25, 0.3) is 5.91 Å². The molecule has 0 radical (unpaired) electrons. The Balaban J connectivity index is 1.35. The summed E-state index contributed by atoms with van der Waals surface area (Å²) in [5.41, 5.74) is 7.11. The zero-order chi connectivity index (χ0) is 29.6. The third-order valence-corrected chi connectivity index (χ3v) is 9.23. The standard InChI is InChI=1S/C33H43FN4O4/c1-42-29-4-2-3-24(17-29)21-38(33(41)26-11-13-27(34)14-12-26)28-15-16-37(32(40)25-9-10-25)30(18-28)31(39)36-20-23-7-5-22(19-35)6-8-23/h2-4,11-14,17,22-23,25,28,30H,5-10,15-16,18-21,35H2,1H3,(H,36,39)/t22?,23?,28?,30-/m1/s1. The lowest BCUT2D eigenvalue weighted by Crippen LogP contribution is -2.58. The SMILES string of the molecule is COc1cccc(CN(C(=O)c2ccc(F)cc2)C2CCN(C(=O)C3CC3)[C@@H](C(=O)NCC3CCC(CN)CC3)C2)c1. The number of benzene rings is 2. The average Bonchev–Trinajstić information content (AvgIpc) is 3.88. The number of ether oxygens (including phenoxy) is 1. The van der Waals surface area contributed by atoms with E-state index in [1.54, 1.807) is 16.9 Å². The predicted molar refractivity (Wildman–Crippen MR) is 158 cm³/mol. The number of halogens is 1. The number of nitrogens with two attached hydrogens (primary N) is 1. The van der Waals surface area contributed by atoms with Gasteiger partial charge in [0.1, 0.15) is 17.6 Å². The number of hydrogen-bond acceptors (Lipinski definition) is 5. The fraction of sp³-hybridized carbons (Fsp3) is 0.545. The van der Waals surface area contributed by atoms with Crippen molar-refractivity contribution in [3.8, 4) is 5.75 Å². The number of piperidine rings is 1. The fourth-order valence-corrected chi connectivity index (χ4v) is 6.43. The maximum atomic E-state index is 13.9. The van der Waals surface area contributed by atoms with Crippen molar-refractivity contribution in [2.24, 2.45) is 23.5 Å². The van der Waals surface area contributed by atoms with Gasteiger partial charge >= 0.3 is 0 Å². The van der Waals surface area contributed by atoms with E-state index in [9.17, 15) is 18.8 Å². The monoisotopic (exact) mass is 578 g/mol. The molecule has 0 bridgehead atoms. The van der Waals surface area contributed by atoms with Crippen LogP contribution in [-0.4, -0.2) is 66.3 Å². The highest BCUT2D eigenvalue weighted by atomic mass is 19.1. The maximum Gasteiger partial charge on any atom is 0.254 e. The van der Waals surface area contributed by atoms with E-state index in [4.69, 9.17) is 10.5 Å². The largest absolute Gasteiger partial charge is 0.497 e. The van der Waals surface area contributed by atoms with Gasteiger partial charge in [0.05, 0.1) is 7.11 Å². The Morgan fingerprint density at radius 2 is 1.71 bits per heavy atom. The summed E-state index contributed by atoms with van der Waals surface area (Å²) in [5.74, 6) is 0.907. The summed E-state index contributed by atoms with van der Waals surface area (Å²) in [7, 11) is 1.60. The van der Waals surface area contributed by atoms with Gasteiger partial charge in [0.2, 0.25) is 11.8 Å². The summed E-state index contributed by atoms with van der Waals surface area (Å²) in [4.78, 5) is 44.4. The molecular weight excluding hydrogens is 535 g/mol. The first-order chi connectivity index (χ1) is 20.4. The molecule has 1 aliphatic heterocycles. The van der Waals surface area contributed by atoms with Crippen molar-refractivity contribution in [3.05, 3.63) is 65.5 Å². The zero-order valence-electron chi connectivity index (χ0n) is 24.5. The van der Waals surface area contributed by atoms with Gasteiger partial charge in [-0.25, -0.2) is 4.39 Å². The molecule has 0 aromatic heterocycles. The molecule has 1 heterocycles. The lowest BCUT2D eigenvalue weighted by atomic mass is 9.82. The van der Waals surface area contributed by atoms with Crippen LogP contribution in [-0.2, 0) is 16.1 Å². The molecule has 5 rings (SSSR count). The first-order valence-corrected chi connectivity index (χ1v) is 15.3. The van der Waals surface area contributed by atoms with Crippen molar-refractivity contribution in [1.29, 1.82) is 0 Å². The number of methoxy groups -OCH3 is 1. The molecule has 2 atom stereocenters. The number of nitrogens with zero attached hydrogens (tertiary/aromatic N) is 2. The number of amides is 3. The smallest absolute Gasteiger partial charge is 0.254 e. The molecule has 3 fully saturated rings. The van der Waals surface area contributed by atoms with Crippen molar-refractivity contribution < 1.29 is 23.5 Å². The minimum Gasteiger partial charge on any atom is -0.497 e. The van der Waals surface area contributed by atoms with E-state index in [0.29, 0.717) is 62.2 Å². The lowest BCUT2D eigenvalue weighted by Gasteiger charge is -2.43. The Labute approximate surface area is 247 Å². The molecule has 226 valence electrons. The van der Waals surface area contributed by atoms with Crippen LogP contribution in [0.3, 0.4) is 0 Å². The number of hydrogen-bond donors (Lipinski definition) is 2. The number of carbonyl (C=O) groups excluding carboxylic acids is 3. The van der Waals surface area contributed by atoms with Crippen molar-refractivity contribution in [2.75, 3.05) is 26.7 Å². The number of rotatable bonds is 10. The molecule has 2 saturated carbocycles. The third kappa shape index (κ3) is 7.30. The van der Waals surface area contributed by atoms with E-state index >= 15 is 0 Å². The lowest BCUT2D eigenvalue weighted by molar-refractivity contribution is -0.144. The van der Waals surface area contributed by atoms with Crippen LogP contribution in [0.4, 0.5) is 4.39 Å². The molecule has 3 amide bonds. The Kier molecular flexibility index (Phi) is 9.77. The van der Waals surface area contributed by atoms with Crippen molar-refractivity contribution in [3.63, 3.8) is 0 Å². The van der Waals surface area contributed by atoms with E-state index in [2.05, 4.69) is 5.32 Å². The molecule has 2 aromatic rings. The van der Waals surface area contributed by atoms with Gasteiger partial charge in [-0.2, -0.15) is 0 Å². The molecule has 1 unspecified atom stereocenters. The normalized spacial score (nSPS) is 24.1. The summed E-state index contributed by atoms with van der Waals surface area (Å²) in [5, 5.41) is 3.16. The predicted octanol–water partition coefficient (Wildman–Crippen LogP) is 4.13. The van der Waals surface area contributed by atoms with Gasteiger partial charge in [0, 0.05) is 37.2 Å². The molecule has 2 aromatic carbocycles. The van der Waals surface area contributed by atoms with Crippen molar-refractivity contribution in [2.45, 2.75) is 70.0 Å². The molecular formula is C33H43FN4O4. The second-order valence-electron chi connectivity index (χ2n) is 12.2. The topological polar surface area (TPSA) is 105 Å². The van der Waals surface area contributed by atoms with Gasteiger partial charge in [0.15, 0.2) is 0 Å². The molecule has 9 heteroatoms. The molecule has 3 aliphatic rings. The second-order valence-corrected chi connectivity index (χ2v) is 12.2. The van der Waals surface area contributed by atoms with Crippen molar-refractivity contribution in [1.82, 2.24) is 15.1 Å². The average molecular weight is 579 g/mol.